The van der Waals surface area contributed by atoms with Gasteiger partial charge in [-0.05, 0) is 171 Å². The molecule has 0 saturated heterocycles. The molecule has 0 N–H and O–H groups in total. The topological polar surface area (TPSA) is 105 Å². The van der Waals surface area contributed by atoms with E-state index >= 15 is 0 Å². The number of furan rings is 1. The van der Waals surface area contributed by atoms with Crippen molar-refractivity contribution in [2.45, 2.75) is 77.0 Å². The van der Waals surface area contributed by atoms with Crippen LogP contribution in [0.5, 0.6) is 0 Å². The molecule has 0 saturated carbocycles. The van der Waals surface area contributed by atoms with Crippen molar-refractivity contribution in [1.29, 1.82) is 0 Å². The molecule has 0 amide bonds. The molecular weight excluding hydrogens is 1760 g/mol. The van der Waals surface area contributed by atoms with Crippen LogP contribution < -0.4 is 0 Å². The third kappa shape index (κ3) is 12.7. The molecule has 8 aromatic heterocycles. The van der Waals surface area contributed by atoms with E-state index < -0.39 is 0 Å². The fourth-order valence-corrected chi connectivity index (χ4v) is 25.3. The molecule has 26 aromatic rings. The van der Waals surface area contributed by atoms with Crippen molar-refractivity contribution < 1.29 is 4.42 Å². The molecule has 0 fully saturated rings. The molecule has 30 rings (SSSR count). The molecule has 0 spiro atoms. The lowest BCUT2D eigenvalue weighted by molar-refractivity contribution is 0.636. The zero-order valence-electron chi connectivity index (χ0n) is 80.2. The second-order valence-electron chi connectivity index (χ2n) is 40.7. The number of hydrogen-bond donors (Lipinski definition) is 0. The van der Waals surface area contributed by atoms with Gasteiger partial charge in [0.1, 0.15) is 11.2 Å². The Morgan fingerprint density at radius 1 is 0.203 bits per heavy atom. The van der Waals surface area contributed by atoms with E-state index in [1.165, 1.54) is 125 Å². The molecule has 8 heterocycles. The second kappa shape index (κ2) is 31.6. The van der Waals surface area contributed by atoms with Crippen molar-refractivity contribution in [2.75, 3.05) is 0 Å². The lowest BCUT2D eigenvalue weighted by atomic mass is 9.82. The van der Waals surface area contributed by atoms with Gasteiger partial charge in [-0.2, -0.15) is 0 Å². The highest BCUT2D eigenvalue weighted by atomic mass is 32.1. The fourth-order valence-electron chi connectivity index (χ4n) is 24.1. The summed E-state index contributed by atoms with van der Waals surface area (Å²) in [6, 6.07) is 150. The summed E-state index contributed by atoms with van der Waals surface area (Å²) >= 11 is 1.87. The summed E-state index contributed by atoms with van der Waals surface area (Å²) in [4.78, 5) is 32.0. The summed E-state index contributed by atoms with van der Waals surface area (Å²) in [6.07, 6.45) is 0. The zero-order chi connectivity index (χ0) is 95.6. The van der Waals surface area contributed by atoms with E-state index in [0.717, 1.165) is 157 Å². The van der Waals surface area contributed by atoms with Crippen LogP contribution in [0.25, 0.3) is 237 Å². The van der Waals surface area contributed by atoms with E-state index in [2.05, 4.69) is 476 Å². The summed E-state index contributed by atoms with van der Waals surface area (Å²) in [5.74, 6) is 2.23. The van der Waals surface area contributed by atoms with Gasteiger partial charge in [0.2, 0.25) is 0 Å². The van der Waals surface area contributed by atoms with Crippen molar-refractivity contribution in [2.24, 2.45) is 0 Å². The van der Waals surface area contributed by atoms with Gasteiger partial charge in [0.25, 0.3) is 0 Å². The van der Waals surface area contributed by atoms with Gasteiger partial charge >= 0.3 is 0 Å². The normalized spacial score (nSPS) is 14.0. The standard InChI is InChI=1S/C46H35N3.C43H29N3O.C43H29N3S/c1-45(2)36-19-11-8-16-31(36)34-27-40-35(26-38(34)45)32-17-10-13-21-39(32)49(40)30-24-22-29(23-25-30)44-47-42(28-14-6-5-7-15-28)41-33-18-9-12-20-37(33)46(3,4)43(41)48-44;2*1-43(2)34-20-9-6-19-31(34)39-40(26-13-4-3-5-14-26)44-42(45-41(39)43)27-15-12-16-28(23-27)46-35-21-10-7-17-29(35)32-25-38-33(24-36(32)46)30-18-8-11-22-37(30)47-38/h5-27H,1-4H3;2*3-25H,1-2H3. The highest BCUT2D eigenvalue weighted by molar-refractivity contribution is 7.25. The number of para-hydroxylation sites is 4. The van der Waals surface area contributed by atoms with E-state index in [-0.39, 0.29) is 21.7 Å². The average molecular weight is 1850 g/mol. The Bertz CT molecular complexity index is 9480. The number of fused-ring (bicyclic) bond motifs is 27. The first kappa shape index (κ1) is 83.8. The van der Waals surface area contributed by atoms with E-state index in [1.807, 2.05) is 23.5 Å². The average Bonchev–Trinajstić information content (AvgIpc) is 1.50. The monoisotopic (exact) mass is 1850 g/mol. The van der Waals surface area contributed by atoms with Crippen LogP contribution in [0.4, 0.5) is 0 Å². The largest absolute Gasteiger partial charge is 0.456 e. The van der Waals surface area contributed by atoms with E-state index in [4.69, 9.17) is 34.3 Å². The molecule has 0 aliphatic heterocycles. The lowest BCUT2D eigenvalue weighted by Gasteiger charge is -2.21. The van der Waals surface area contributed by atoms with Crippen molar-refractivity contribution >= 4 is 119 Å². The van der Waals surface area contributed by atoms with Crippen LogP contribution in [0, 0.1) is 0 Å². The van der Waals surface area contributed by atoms with E-state index in [1.54, 1.807) is 0 Å². The maximum absolute atomic E-state index is 6.30. The van der Waals surface area contributed by atoms with Crippen molar-refractivity contribution in [3.8, 4) is 130 Å². The number of hydrogen-bond acceptors (Lipinski definition) is 8. The van der Waals surface area contributed by atoms with Crippen molar-refractivity contribution in [3.05, 3.63) is 463 Å². The van der Waals surface area contributed by atoms with Crippen LogP contribution in [0.2, 0.25) is 0 Å². The molecule has 0 unspecified atom stereocenters. The minimum atomic E-state index is -0.254. The van der Waals surface area contributed by atoms with Crippen molar-refractivity contribution in [1.82, 2.24) is 43.6 Å². The Kier molecular flexibility index (Phi) is 18.5. The van der Waals surface area contributed by atoms with Gasteiger partial charge in [0.15, 0.2) is 17.5 Å². The number of aromatic nitrogens is 9. The predicted octanol–water partition coefficient (Wildman–Crippen LogP) is 34.2. The van der Waals surface area contributed by atoms with Gasteiger partial charge in [-0.25, -0.2) is 29.9 Å². The van der Waals surface area contributed by atoms with Crippen LogP contribution in [0.15, 0.2) is 423 Å². The first-order valence-electron chi connectivity index (χ1n) is 49.4. The van der Waals surface area contributed by atoms with Gasteiger partial charge < -0.3 is 18.1 Å². The Morgan fingerprint density at radius 2 is 0.566 bits per heavy atom. The van der Waals surface area contributed by atoms with E-state index in [0.29, 0.717) is 0 Å². The van der Waals surface area contributed by atoms with Gasteiger partial charge in [-0.1, -0.05) is 359 Å². The highest BCUT2D eigenvalue weighted by Crippen LogP contribution is 2.58. The van der Waals surface area contributed by atoms with Gasteiger partial charge in [0, 0.05) is 152 Å². The molecule has 10 nitrogen and oxygen atoms in total. The van der Waals surface area contributed by atoms with Crippen molar-refractivity contribution in [3.63, 3.8) is 0 Å². The molecule has 678 valence electrons. The van der Waals surface area contributed by atoms with Gasteiger partial charge in [-0.3, -0.25) is 0 Å². The zero-order valence-corrected chi connectivity index (χ0v) is 81.0. The predicted molar refractivity (Wildman–Crippen MR) is 592 cm³/mol. The van der Waals surface area contributed by atoms with Crippen LogP contribution in [-0.4, -0.2) is 43.6 Å². The molecule has 4 aliphatic carbocycles. The quantitative estimate of drug-likeness (QED) is 0.142. The van der Waals surface area contributed by atoms with Crippen LogP contribution in [0.3, 0.4) is 0 Å². The third-order valence-corrected chi connectivity index (χ3v) is 32.2. The number of benzene rings is 18. The SMILES string of the molecule is CC1(C)c2ccccc2-c2c(-c3ccccc3)nc(-c3cccc(-n4c5ccccc5c5cc6oc7ccccc7c6cc54)c3)nc21.CC1(C)c2ccccc2-c2c(-c3ccccc3)nc(-c3cccc(-n4c5ccccc5c5cc6sc7ccccc7c6cc54)c3)nc21.CC1(C)c2ccccc2-c2cc3c(cc21)c1ccccc1n3-c1ccc(-c2nc(-c3ccccc3)c3c(n2)C(C)(C)c2ccccc2-3)cc1. The molecule has 0 atom stereocenters. The molecule has 0 bridgehead atoms. The molecule has 0 radical (unpaired) electrons. The molecule has 18 aromatic carbocycles. The lowest BCUT2D eigenvalue weighted by Crippen LogP contribution is -2.17. The second-order valence-corrected chi connectivity index (χ2v) is 41.8. The van der Waals surface area contributed by atoms with Gasteiger partial charge in [0.05, 0.1) is 67.3 Å². The molecular formula is C132H93N9OS. The van der Waals surface area contributed by atoms with Gasteiger partial charge in [-0.15, -0.1) is 11.3 Å². The summed E-state index contributed by atoms with van der Waals surface area (Å²) in [6.45, 7) is 18.4. The number of rotatable bonds is 9. The number of thiophene rings is 1. The smallest absolute Gasteiger partial charge is 0.160 e. The first-order valence-corrected chi connectivity index (χ1v) is 50.2. The maximum Gasteiger partial charge on any atom is 0.160 e. The maximum atomic E-state index is 6.30. The minimum absolute atomic E-state index is 0.0463. The van der Waals surface area contributed by atoms with Crippen LogP contribution >= 0.6 is 11.3 Å². The molecule has 143 heavy (non-hydrogen) atoms. The summed E-state index contributed by atoms with van der Waals surface area (Å²) in [5, 5.41) is 12.3. The van der Waals surface area contributed by atoms with E-state index in [9.17, 15) is 0 Å². The third-order valence-electron chi connectivity index (χ3n) is 31.1. The Hall–Kier alpha value is -17.4. The summed E-state index contributed by atoms with van der Waals surface area (Å²) in [5.41, 5.74) is 40.3. The minimum Gasteiger partial charge on any atom is -0.456 e. The first-order chi connectivity index (χ1) is 69.9. The van der Waals surface area contributed by atoms with Crippen LogP contribution in [0.1, 0.15) is 100 Å². The number of nitrogens with zero attached hydrogens (tertiary/aromatic N) is 9. The fraction of sp³-hybridized carbons (Fsp3) is 0.0909. The summed E-state index contributed by atoms with van der Waals surface area (Å²) < 4.78 is 16.1. The summed E-state index contributed by atoms with van der Waals surface area (Å²) in [7, 11) is 0. The highest BCUT2D eigenvalue weighted by Gasteiger charge is 2.44. The van der Waals surface area contributed by atoms with Crippen LogP contribution in [-0.2, 0) is 21.7 Å². The Labute approximate surface area is 830 Å². The Balaban J connectivity index is 0.000000105. The molecule has 4 aliphatic rings. The Morgan fingerprint density at radius 3 is 1.05 bits per heavy atom. The molecule has 11 heteroatoms.